The van der Waals surface area contributed by atoms with E-state index in [0.717, 1.165) is 6.26 Å². The number of ether oxygens (including phenoxy) is 1. The number of methoxy groups -OCH3 is 1. The monoisotopic (exact) mass is 400 g/mol. The van der Waals surface area contributed by atoms with Crippen LogP contribution in [0.5, 0.6) is 5.75 Å². The third-order valence-electron chi connectivity index (χ3n) is 4.33. The third-order valence-corrected chi connectivity index (χ3v) is 4.55. The van der Waals surface area contributed by atoms with Crippen LogP contribution in [0.1, 0.15) is 22.2 Å². The molecule has 0 radical (unpaired) electrons. The van der Waals surface area contributed by atoms with Crippen LogP contribution in [-0.2, 0) is 0 Å². The molecule has 1 aromatic heterocycles. The Balaban J connectivity index is 2.12. The van der Waals surface area contributed by atoms with E-state index in [4.69, 9.17) is 21.4 Å². The molecular formula is C17H15F3N2O4S. The highest BCUT2D eigenvalue weighted by Crippen LogP contribution is 2.44. The number of nitrogens with one attached hydrogen (secondary N) is 2. The van der Waals surface area contributed by atoms with Gasteiger partial charge in [0.15, 0.2) is 10.9 Å². The lowest BCUT2D eigenvalue weighted by atomic mass is 9.78. The number of halogens is 3. The van der Waals surface area contributed by atoms with Gasteiger partial charge in [-0.3, -0.25) is 4.79 Å². The van der Waals surface area contributed by atoms with Crippen molar-refractivity contribution in [3.05, 3.63) is 54.0 Å². The summed E-state index contributed by atoms with van der Waals surface area (Å²) in [5.74, 6) is -2.85. The van der Waals surface area contributed by atoms with E-state index in [0.29, 0.717) is 11.3 Å². The van der Waals surface area contributed by atoms with Crippen LogP contribution in [-0.4, -0.2) is 35.0 Å². The molecule has 0 spiro atoms. The summed E-state index contributed by atoms with van der Waals surface area (Å²) in [5.41, 5.74) is -3.27. The van der Waals surface area contributed by atoms with Gasteiger partial charge in [-0.25, -0.2) is 0 Å². The van der Waals surface area contributed by atoms with E-state index in [-0.39, 0.29) is 5.76 Å². The standard InChI is InChI=1S/C17H15F3N2O4S/c1-25-10-6-4-9(5-7-10)13-12(14(23)11-3-2-8-26-11)16(24,17(18,19)20)22-15(27)21-13/h2-8,12-13,24H,1H3,(H2,21,22,27)/t12-,13+,16-/m0/s1. The lowest BCUT2D eigenvalue weighted by molar-refractivity contribution is -0.285. The predicted molar refractivity (Wildman–Crippen MR) is 92.1 cm³/mol. The number of rotatable bonds is 4. The van der Waals surface area contributed by atoms with E-state index in [1.807, 2.05) is 5.32 Å². The normalized spacial score (nSPS) is 25.4. The Kier molecular flexibility index (Phi) is 4.87. The molecule has 1 aromatic carbocycles. The van der Waals surface area contributed by atoms with Crippen molar-refractivity contribution in [1.82, 2.24) is 10.6 Å². The maximum absolute atomic E-state index is 13.8. The second kappa shape index (κ2) is 6.86. The van der Waals surface area contributed by atoms with Crippen LogP contribution in [0.3, 0.4) is 0 Å². The molecule has 1 saturated heterocycles. The Morgan fingerprint density at radius 1 is 1.30 bits per heavy atom. The van der Waals surface area contributed by atoms with Crippen LogP contribution in [0, 0.1) is 5.92 Å². The fourth-order valence-corrected chi connectivity index (χ4v) is 3.28. The first-order valence-corrected chi connectivity index (χ1v) is 8.17. The van der Waals surface area contributed by atoms with Crippen molar-refractivity contribution in [1.29, 1.82) is 0 Å². The Morgan fingerprint density at radius 3 is 2.48 bits per heavy atom. The van der Waals surface area contributed by atoms with Gasteiger partial charge in [0.2, 0.25) is 11.5 Å². The van der Waals surface area contributed by atoms with Crippen molar-refractivity contribution in [2.24, 2.45) is 5.92 Å². The van der Waals surface area contributed by atoms with E-state index in [2.05, 4.69) is 5.32 Å². The summed E-state index contributed by atoms with van der Waals surface area (Å²) in [6.07, 6.45) is -4.02. The molecule has 144 valence electrons. The first kappa shape index (κ1) is 19.2. The maximum atomic E-state index is 13.8. The molecule has 3 atom stereocenters. The number of thiocarbonyl (C=S) groups is 1. The number of aliphatic hydroxyl groups is 1. The van der Waals surface area contributed by atoms with Gasteiger partial charge in [-0.1, -0.05) is 12.1 Å². The lowest BCUT2D eigenvalue weighted by Crippen LogP contribution is -2.72. The largest absolute Gasteiger partial charge is 0.497 e. The maximum Gasteiger partial charge on any atom is 0.437 e. The zero-order chi connectivity index (χ0) is 19.8. The van der Waals surface area contributed by atoms with E-state index in [1.165, 1.54) is 43.5 Å². The van der Waals surface area contributed by atoms with Crippen molar-refractivity contribution in [2.45, 2.75) is 17.9 Å². The van der Waals surface area contributed by atoms with Crippen molar-refractivity contribution < 1.29 is 32.2 Å². The molecule has 1 fully saturated rings. The van der Waals surface area contributed by atoms with E-state index in [1.54, 1.807) is 0 Å². The topological polar surface area (TPSA) is 83.7 Å². The summed E-state index contributed by atoms with van der Waals surface area (Å²) in [6, 6.07) is 7.39. The highest BCUT2D eigenvalue weighted by atomic mass is 32.1. The number of furan rings is 1. The van der Waals surface area contributed by atoms with Crippen LogP contribution in [0.2, 0.25) is 0 Å². The molecular weight excluding hydrogens is 385 g/mol. The second-order valence-corrected chi connectivity index (χ2v) is 6.34. The summed E-state index contributed by atoms with van der Waals surface area (Å²) in [7, 11) is 1.44. The number of alkyl halides is 3. The minimum absolute atomic E-state index is 0.308. The average molecular weight is 400 g/mol. The zero-order valence-corrected chi connectivity index (χ0v) is 14.7. The molecule has 0 aliphatic carbocycles. The zero-order valence-electron chi connectivity index (χ0n) is 13.9. The van der Waals surface area contributed by atoms with Crippen LogP contribution in [0.4, 0.5) is 13.2 Å². The van der Waals surface area contributed by atoms with Gasteiger partial charge < -0.3 is 24.9 Å². The Hall–Kier alpha value is -2.59. The predicted octanol–water partition coefficient (Wildman–Crippen LogP) is 2.56. The highest BCUT2D eigenvalue weighted by molar-refractivity contribution is 7.80. The van der Waals surface area contributed by atoms with Gasteiger partial charge in [0, 0.05) is 0 Å². The smallest absolute Gasteiger partial charge is 0.437 e. The summed E-state index contributed by atoms with van der Waals surface area (Å²) in [6.45, 7) is 0. The van der Waals surface area contributed by atoms with Crippen molar-refractivity contribution in [3.63, 3.8) is 0 Å². The number of carbonyl (C=O) groups excluding carboxylic acids is 1. The molecule has 1 aliphatic heterocycles. The minimum atomic E-state index is -5.18. The summed E-state index contributed by atoms with van der Waals surface area (Å²) in [4.78, 5) is 12.8. The van der Waals surface area contributed by atoms with E-state index < -0.39 is 34.8 Å². The van der Waals surface area contributed by atoms with E-state index >= 15 is 0 Å². The minimum Gasteiger partial charge on any atom is -0.497 e. The molecule has 10 heteroatoms. The van der Waals surface area contributed by atoms with Gasteiger partial charge in [-0.15, -0.1) is 0 Å². The Bertz CT molecular complexity index is 839. The second-order valence-electron chi connectivity index (χ2n) is 5.93. The molecule has 2 aromatic rings. The van der Waals surface area contributed by atoms with Gasteiger partial charge in [0.25, 0.3) is 0 Å². The van der Waals surface area contributed by atoms with Gasteiger partial charge in [-0.2, -0.15) is 13.2 Å². The van der Waals surface area contributed by atoms with Crippen LogP contribution in [0.15, 0.2) is 47.1 Å². The molecule has 3 rings (SSSR count). The number of carbonyl (C=O) groups is 1. The fourth-order valence-electron chi connectivity index (χ4n) is 3.00. The first-order chi connectivity index (χ1) is 12.7. The van der Waals surface area contributed by atoms with Crippen LogP contribution in [0.25, 0.3) is 0 Å². The van der Waals surface area contributed by atoms with Crippen molar-refractivity contribution in [3.8, 4) is 5.75 Å². The number of benzene rings is 1. The molecule has 2 heterocycles. The molecule has 0 unspecified atom stereocenters. The number of Topliss-reactive ketones (excluding diaryl/α,β-unsaturated/α-hetero) is 1. The van der Waals surface area contributed by atoms with Crippen molar-refractivity contribution in [2.75, 3.05) is 7.11 Å². The molecule has 1 aliphatic rings. The SMILES string of the molecule is COc1ccc([C@H]2NC(=S)N[C@@](O)(C(F)(F)F)[C@@H]2C(=O)c2ccco2)cc1. The summed E-state index contributed by atoms with van der Waals surface area (Å²) >= 11 is 4.85. The quantitative estimate of drug-likeness (QED) is 0.537. The first-order valence-electron chi connectivity index (χ1n) is 7.77. The lowest BCUT2D eigenvalue weighted by Gasteiger charge is -2.46. The molecule has 0 amide bonds. The fraction of sp³-hybridized carbons (Fsp3) is 0.294. The Labute approximate surface area is 157 Å². The molecule has 27 heavy (non-hydrogen) atoms. The van der Waals surface area contributed by atoms with E-state index in [9.17, 15) is 23.1 Å². The number of hydrogen-bond donors (Lipinski definition) is 3. The summed E-state index contributed by atoms with van der Waals surface area (Å²) < 4.78 is 51.3. The molecule has 3 N–H and O–H groups in total. The highest BCUT2D eigenvalue weighted by Gasteiger charge is 2.66. The van der Waals surface area contributed by atoms with Crippen LogP contribution < -0.4 is 15.4 Å². The van der Waals surface area contributed by atoms with Gasteiger partial charge >= 0.3 is 6.18 Å². The molecule has 0 bridgehead atoms. The van der Waals surface area contributed by atoms with Gasteiger partial charge in [-0.05, 0) is 42.0 Å². The van der Waals surface area contributed by atoms with Crippen molar-refractivity contribution >= 4 is 23.1 Å². The molecule has 0 saturated carbocycles. The van der Waals surface area contributed by atoms with Crippen LogP contribution >= 0.6 is 12.2 Å². The Morgan fingerprint density at radius 2 is 1.96 bits per heavy atom. The van der Waals surface area contributed by atoms with Gasteiger partial charge in [0.1, 0.15) is 11.7 Å². The average Bonchev–Trinajstić information content (AvgIpc) is 3.14. The number of ketones is 1. The van der Waals surface area contributed by atoms with Gasteiger partial charge in [0.05, 0.1) is 19.4 Å². The molecule has 6 nitrogen and oxygen atoms in total. The number of hydrogen-bond acceptors (Lipinski definition) is 5. The third kappa shape index (κ3) is 3.37. The summed E-state index contributed by atoms with van der Waals surface area (Å²) in [5, 5.41) is 14.5.